The summed E-state index contributed by atoms with van der Waals surface area (Å²) in [6.45, 7) is 10.5. The van der Waals surface area contributed by atoms with E-state index in [1.54, 1.807) is 0 Å². The third kappa shape index (κ3) is 1.70. The van der Waals surface area contributed by atoms with Crippen molar-refractivity contribution in [3.8, 4) is 0 Å². The monoisotopic (exact) mass is 316 g/mol. The summed E-state index contributed by atoms with van der Waals surface area (Å²) in [6.07, 6.45) is 4.00. The Kier molecular flexibility index (Phi) is 2.95. The lowest BCUT2D eigenvalue weighted by molar-refractivity contribution is -0.193. The van der Waals surface area contributed by atoms with Gasteiger partial charge in [0.25, 0.3) is 0 Å². The Morgan fingerprint density at radius 3 is 2.57 bits per heavy atom. The van der Waals surface area contributed by atoms with Crippen LogP contribution in [0.1, 0.15) is 59.3 Å². The molecule has 3 heteroatoms. The minimum Gasteiger partial charge on any atom is -0.385 e. The summed E-state index contributed by atoms with van der Waals surface area (Å²) in [7, 11) is 0. The molecule has 5 rings (SSSR count). The fourth-order valence-corrected chi connectivity index (χ4v) is 7.15. The summed E-state index contributed by atoms with van der Waals surface area (Å²) in [5, 5.41) is 10.4. The van der Waals surface area contributed by atoms with E-state index >= 15 is 0 Å². The van der Waals surface area contributed by atoms with Crippen molar-refractivity contribution in [1.82, 2.24) is 0 Å². The molecule has 23 heavy (non-hydrogen) atoms. The second kappa shape index (κ2) is 4.36. The Morgan fingerprint density at radius 2 is 1.87 bits per heavy atom. The first-order valence-corrected chi connectivity index (χ1v) is 9.06. The molecule has 2 bridgehead atoms. The summed E-state index contributed by atoms with van der Waals surface area (Å²) >= 11 is 0. The predicted molar refractivity (Wildman–Crippen MR) is 87.7 cm³/mol. The Bertz CT molecular complexity index is 618. The lowest BCUT2D eigenvalue weighted by atomic mass is 9.36. The molecule has 0 aliphatic heterocycles. The van der Waals surface area contributed by atoms with Crippen molar-refractivity contribution in [1.29, 1.82) is 0 Å². The number of allylic oxidation sites excluding steroid dienone is 1. The van der Waals surface area contributed by atoms with E-state index in [1.807, 2.05) is 13.8 Å². The molecule has 6 atom stereocenters. The number of carbonyl (C=O) groups excluding carboxylic acids is 2. The zero-order valence-electron chi connectivity index (χ0n) is 14.5. The molecular formula is C20H28O3. The van der Waals surface area contributed by atoms with Crippen molar-refractivity contribution in [3.63, 3.8) is 0 Å². The highest BCUT2D eigenvalue weighted by Crippen LogP contribution is 2.70. The summed E-state index contributed by atoms with van der Waals surface area (Å²) < 4.78 is 0. The van der Waals surface area contributed by atoms with E-state index in [9.17, 15) is 14.7 Å². The maximum atomic E-state index is 12.9. The van der Waals surface area contributed by atoms with E-state index in [-0.39, 0.29) is 22.5 Å². The molecule has 5 fully saturated rings. The molecule has 5 aliphatic rings. The van der Waals surface area contributed by atoms with Crippen LogP contribution in [0, 0.1) is 34.0 Å². The first-order valence-electron chi connectivity index (χ1n) is 9.06. The van der Waals surface area contributed by atoms with Crippen LogP contribution in [0.5, 0.6) is 0 Å². The van der Waals surface area contributed by atoms with Gasteiger partial charge in [-0.25, -0.2) is 0 Å². The van der Waals surface area contributed by atoms with Gasteiger partial charge in [0, 0.05) is 17.3 Å². The van der Waals surface area contributed by atoms with E-state index in [0.29, 0.717) is 30.5 Å². The Morgan fingerprint density at radius 1 is 1.17 bits per heavy atom. The van der Waals surface area contributed by atoms with Gasteiger partial charge in [-0.05, 0) is 55.3 Å². The first kappa shape index (κ1) is 15.6. The molecule has 1 N–H and O–H groups in total. The van der Waals surface area contributed by atoms with Gasteiger partial charge >= 0.3 is 0 Å². The van der Waals surface area contributed by atoms with E-state index in [1.165, 1.54) is 5.57 Å². The van der Waals surface area contributed by atoms with Crippen molar-refractivity contribution in [2.75, 3.05) is 0 Å². The zero-order valence-corrected chi connectivity index (χ0v) is 14.5. The minimum absolute atomic E-state index is 0.00682. The molecule has 0 amide bonds. The number of aliphatic hydroxyl groups excluding tert-OH is 1. The van der Waals surface area contributed by atoms with Gasteiger partial charge in [-0.2, -0.15) is 0 Å². The largest absolute Gasteiger partial charge is 0.385 e. The van der Waals surface area contributed by atoms with Crippen LogP contribution >= 0.6 is 0 Å². The molecule has 1 spiro atoms. The molecule has 0 saturated heterocycles. The molecule has 0 heterocycles. The number of ketones is 2. The molecule has 3 nitrogen and oxygen atoms in total. The van der Waals surface area contributed by atoms with Crippen LogP contribution in [0.25, 0.3) is 0 Å². The van der Waals surface area contributed by atoms with Crippen LogP contribution in [0.3, 0.4) is 0 Å². The van der Waals surface area contributed by atoms with Crippen LogP contribution in [0.2, 0.25) is 0 Å². The number of Topliss-reactive ketones (excluding diaryl/α,β-unsaturated/α-hetero) is 2. The van der Waals surface area contributed by atoms with Crippen LogP contribution in [-0.4, -0.2) is 22.8 Å². The quantitative estimate of drug-likeness (QED) is 0.698. The maximum Gasteiger partial charge on any atom is 0.167 e. The number of fused-ring (bicyclic) bond motifs is 3. The standard InChI is InChI=1S/C20H28O3/c1-11-9-20-6-5-14-18(2,3)17(23)13(21)10-19(14,4)15(20)7-12(11)8-16(20)22/h12-15,21H,1,5-10H2,2-4H3/t12-,13+,14-,15+,19-,20+/m0/s1. The highest BCUT2D eigenvalue weighted by molar-refractivity contribution is 5.91. The Labute approximate surface area is 138 Å². The van der Waals surface area contributed by atoms with Gasteiger partial charge in [0.15, 0.2) is 5.78 Å². The van der Waals surface area contributed by atoms with E-state index in [4.69, 9.17) is 0 Å². The van der Waals surface area contributed by atoms with Crippen molar-refractivity contribution < 1.29 is 14.7 Å². The fourth-order valence-electron chi connectivity index (χ4n) is 7.15. The van der Waals surface area contributed by atoms with Crippen LogP contribution in [0.4, 0.5) is 0 Å². The average Bonchev–Trinajstić information content (AvgIpc) is 2.45. The normalized spacial score (nSPS) is 51.4. The number of rotatable bonds is 0. The molecular weight excluding hydrogens is 288 g/mol. The lowest BCUT2D eigenvalue weighted by Crippen LogP contribution is -2.66. The Hall–Kier alpha value is -0.960. The highest BCUT2D eigenvalue weighted by atomic mass is 16.3. The van der Waals surface area contributed by atoms with Gasteiger partial charge in [0.2, 0.25) is 0 Å². The second-order valence-corrected chi connectivity index (χ2v) is 9.51. The van der Waals surface area contributed by atoms with Gasteiger partial charge in [-0.3, -0.25) is 9.59 Å². The van der Waals surface area contributed by atoms with Gasteiger partial charge in [-0.15, -0.1) is 0 Å². The maximum absolute atomic E-state index is 12.9. The van der Waals surface area contributed by atoms with Crippen molar-refractivity contribution >= 4 is 11.6 Å². The number of hydrogen-bond donors (Lipinski definition) is 1. The molecule has 0 unspecified atom stereocenters. The Balaban J connectivity index is 1.82. The number of aliphatic hydroxyl groups is 1. The van der Waals surface area contributed by atoms with Crippen LogP contribution < -0.4 is 0 Å². The van der Waals surface area contributed by atoms with Crippen LogP contribution in [0.15, 0.2) is 12.2 Å². The second-order valence-electron chi connectivity index (χ2n) is 9.51. The fraction of sp³-hybridized carbons (Fsp3) is 0.800. The van der Waals surface area contributed by atoms with Crippen LogP contribution in [-0.2, 0) is 9.59 Å². The molecule has 0 aromatic carbocycles. The predicted octanol–water partition coefficient (Wildman–Crippen LogP) is 3.30. The molecule has 126 valence electrons. The third-order valence-corrected chi connectivity index (χ3v) is 8.21. The van der Waals surface area contributed by atoms with E-state index < -0.39 is 11.5 Å². The van der Waals surface area contributed by atoms with Gasteiger partial charge in [0.05, 0.1) is 0 Å². The highest BCUT2D eigenvalue weighted by Gasteiger charge is 2.68. The van der Waals surface area contributed by atoms with E-state index in [0.717, 1.165) is 25.7 Å². The number of carbonyl (C=O) groups is 2. The molecule has 5 saturated carbocycles. The zero-order chi connectivity index (χ0) is 16.8. The van der Waals surface area contributed by atoms with Gasteiger partial charge in [0.1, 0.15) is 11.9 Å². The van der Waals surface area contributed by atoms with Gasteiger partial charge < -0.3 is 5.11 Å². The van der Waals surface area contributed by atoms with Gasteiger partial charge in [-0.1, -0.05) is 32.9 Å². The van der Waals surface area contributed by atoms with Crippen molar-refractivity contribution in [2.45, 2.75) is 65.4 Å². The minimum atomic E-state index is -0.875. The van der Waals surface area contributed by atoms with Crippen molar-refractivity contribution in [2.24, 2.45) is 34.0 Å². The molecule has 0 radical (unpaired) electrons. The number of hydrogen-bond acceptors (Lipinski definition) is 3. The first-order chi connectivity index (χ1) is 10.6. The average molecular weight is 316 g/mol. The molecule has 0 aromatic heterocycles. The third-order valence-electron chi connectivity index (χ3n) is 8.21. The summed E-state index contributed by atoms with van der Waals surface area (Å²) in [5.41, 5.74) is 0.386. The lowest BCUT2D eigenvalue weighted by Gasteiger charge is -2.67. The van der Waals surface area contributed by atoms with Crippen molar-refractivity contribution in [3.05, 3.63) is 12.2 Å². The summed E-state index contributed by atoms with van der Waals surface area (Å²) in [4.78, 5) is 25.5. The molecule has 0 aromatic rings. The summed E-state index contributed by atoms with van der Waals surface area (Å²) in [6, 6.07) is 0. The SMILES string of the molecule is C=C1C[C@]23CC[C@H]4C(C)(C)C(=O)[C@H](O)C[C@]4(C)[C@H]2C[C@H]1CC3=O. The summed E-state index contributed by atoms with van der Waals surface area (Å²) in [5.74, 6) is 1.31. The topological polar surface area (TPSA) is 54.4 Å². The van der Waals surface area contributed by atoms with E-state index in [2.05, 4.69) is 13.5 Å². The molecule has 5 aliphatic carbocycles. The smallest absolute Gasteiger partial charge is 0.167 e.